The number of ether oxygens (including phenoxy) is 2. The summed E-state index contributed by atoms with van der Waals surface area (Å²) in [6.07, 6.45) is 0.550. The number of amides is 1. The van der Waals surface area contributed by atoms with Gasteiger partial charge >= 0.3 is 0 Å². The van der Waals surface area contributed by atoms with E-state index in [0.29, 0.717) is 39.3 Å². The van der Waals surface area contributed by atoms with Crippen molar-refractivity contribution in [2.24, 2.45) is 0 Å². The zero-order chi connectivity index (χ0) is 19.6. The Morgan fingerprint density at radius 2 is 1.88 bits per heavy atom. The van der Waals surface area contributed by atoms with Crippen LogP contribution in [0.4, 0.5) is 4.39 Å². The standard InChI is InChI=1S/C17H27FN2O5S/c1-4-20(5-2)26(22,23)14-7-8-16(18)15(13-14)17(21)19-9-6-10-25-12-11-24-3/h7-8,13H,4-6,9-12H2,1-3H3,(H,19,21). The molecule has 1 amide bonds. The minimum atomic E-state index is -3.76. The number of methoxy groups -OCH3 is 1. The Bertz CT molecular complexity index is 678. The molecular formula is C17H27FN2O5S. The fourth-order valence-corrected chi connectivity index (χ4v) is 3.75. The number of nitrogens with zero attached hydrogens (tertiary/aromatic N) is 1. The van der Waals surface area contributed by atoms with Crippen LogP contribution in [-0.4, -0.2) is 65.2 Å². The highest BCUT2D eigenvalue weighted by Gasteiger charge is 2.24. The largest absolute Gasteiger partial charge is 0.382 e. The van der Waals surface area contributed by atoms with Crippen LogP contribution in [-0.2, 0) is 19.5 Å². The maximum Gasteiger partial charge on any atom is 0.254 e. The van der Waals surface area contributed by atoms with E-state index >= 15 is 0 Å². The molecule has 0 saturated carbocycles. The van der Waals surface area contributed by atoms with Crippen molar-refractivity contribution >= 4 is 15.9 Å². The van der Waals surface area contributed by atoms with Crippen LogP contribution in [0.3, 0.4) is 0 Å². The van der Waals surface area contributed by atoms with Gasteiger partial charge in [0.15, 0.2) is 0 Å². The summed E-state index contributed by atoms with van der Waals surface area (Å²) in [4.78, 5) is 12.1. The highest BCUT2D eigenvalue weighted by Crippen LogP contribution is 2.19. The van der Waals surface area contributed by atoms with Crippen LogP contribution < -0.4 is 5.32 Å². The first-order chi connectivity index (χ1) is 12.4. The molecule has 0 aliphatic heterocycles. The molecular weight excluding hydrogens is 363 g/mol. The van der Waals surface area contributed by atoms with Gasteiger partial charge in [-0.1, -0.05) is 13.8 Å². The van der Waals surface area contributed by atoms with Crippen LogP contribution in [0.2, 0.25) is 0 Å². The Hall–Kier alpha value is -1.55. The van der Waals surface area contributed by atoms with Crippen LogP contribution in [0.15, 0.2) is 23.1 Å². The lowest BCUT2D eigenvalue weighted by Gasteiger charge is -2.19. The summed E-state index contributed by atoms with van der Waals surface area (Å²) in [6.45, 7) is 5.69. The molecule has 0 aromatic heterocycles. The van der Waals surface area contributed by atoms with E-state index in [4.69, 9.17) is 9.47 Å². The van der Waals surface area contributed by atoms with Gasteiger partial charge in [0, 0.05) is 33.4 Å². The SMILES string of the molecule is CCN(CC)S(=O)(=O)c1ccc(F)c(C(=O)NCCCOCCOC)c1. The first-order valence-corrected chi connectivity index (χ1v) is 9.97. The Balaban J connectivity index is 2.73. The van der Waals surface area contributed by atoms with E-state index < -0.39 is 21.7 Å². The number of carbonyl (C=O) groups is 1. The minimum Gasteiger partial charge on any atom is -0.382 e. The number of sulfonamides is 1. The third-order valence-electron chi connectivity index (χ3n) is 3.71. The second kappa shape index (κ2) is 11.2. The molecule has 7 nitrogen and oxygen atoms in total. The zero-order valence-electron chi connectivity index (χ0n) is 15.5. The summed E-state index contributed by atoms with van der Waals surface area (Å²) in [5.41, 5.74) is -0.293. The van der Waals surface area contributed by atoms with E-state index in [1.54, 1.807) is 21.0 Å². The van der Waals surface area contributed by atoms with Crippen molar-refractivity contribution in [3.8, 4) is 0 Å². The van der Waals surface area contributed by atoms with Crippen molar-refractivity contribution < 1.29 is 27.1 Å². The molecule has 1 aromatic rings. The monoisotopic (exact) mass is 390 g/mol. The maximum absolute atomic E-state index is 14.0. The van der Waals surface area contributed by atoms with Crippen LogP contribution in [0.25, 0.3) is 0 Å². The molecule has 1 rings (SSSR count). The number of rotatable bonds is 12. The predicted octanol–water partition coefficient (Wildman–Crippen LogP) is 1.64. The Morgan fingerprint density at radius 3 is 2.50 bits per heavy atom. The molecule has 26 heavy (non-hydrogen) atoms. The van der Waals surface area contributed by atoms with E-state index in [1.807, 2.05) is 0 Å². The van der Waals surface area contributed by atoms with E-state index in [1.165, 1.54) is 10.4 Å². The summed E-state index contributed by atoms with van der Waals surface area (Å²) in [5.74, 6) is -1.42. The number of halogens is 1. The molecule has 0 bridgehead atoms. The van der Waals surface area contributed by atoms with Crippen molar-refractivity contribution in [3.63, 3.8) is 0 Å². The predicted molar refractivity (Wildman–Crippen MR) is 96.2 cm³/mol. The molecule has 0 saturated heterocycles. The van der Waals surface area contributed by atoms with Crippen LogP contribution in [0.1, 0.15) is 30.6 Å². The van der Waals surface area contributed by atoms with Gasteiger partial charge in [-0.25, -0.2) is 12.8 Å². The molecule has 0 fully saturated rings. The zero-order valence-corrected chi connectivity index (χ0v) is 16.3. The first kappa shape index (κ1) is 22.5. The van der Waals surface area contributed by atoms with Crippen LogP contribution in [0, 0.1) is 5.82 Å². The van der Waals surface area contributed by atoms with Crippen molar-refractivity contribution in [3.05, 3.63) is 29.6 Å². The molecule has 0 aliphatic rings. The molecule has 0 aliphatic carbocycles. The lowest BCUT2D eigenvalue weighted by atomic mass is 10.2. The second-order valence-electron chi connectivity index (χ2n) is 5.45. The first-order valence-electron chi connectivity index (χ1n) is 8.53. The van der Waals surface area contributed by atoms with Crippen LogP contribution in [0.5, 0.6) is 0 Å². The van der Waals surface area contributed by atoms with Gasteiger partial charge in [-0.3, -0.25) is 4.79 Å². The highest BCUT2D eigenvalue weighted by atomic mass is 32.2. The van der Waals surface area contributed by atoms with E-state index in [0.717, 1.165) is 12.1 Å². The molecule has 0 spiro atoms. The average Bonchev–Trinajstić information content (AvgIpc) is 2.61. The topological polar surface area (TPSA) is 84.9 Å². The lowest BCUT2D eigenvalue weighted by Crippen LogP contribution is -2.31. The smallest absolute Gasteiger partial charge is 0.254 e. The fraction of sp³-hybridized carbons (Fsp3) is 0.588. The van der Waals surface area contributed by atoms with Gasteiger partial charge in [-0.05, 0) is 24.6 Å². The van der Waals surface area contributed by atoms with E-state index in [2.05, 4.69) is 5.32 Å². The van der Waals surface area contributed by atoms with Gasteiger partial charge in [0.05, 0.1) is 23.7 Å². The number of hydrogen-bond acceptors (Lipinski definition) is 5. The summed E-state index contributed by atoms with van der Waals surface area (Å²) in [5, 5.41) is 2.57. The number of carbonyl (C=O) groups excluding carboxylic acids is 1. The third-order valence-corrected chi connectivity index (χ3v) is 5.75. The van der Waals surface area contributed by atoms with Crippen LogP contribution >= 0.6 is 0 Å². The number of benzene rings is 1. The minimum absolute atomic E-state index is 0.101. The molecule has 0 radical (unpaired) electrons. The quantitative estimate of drug-likeness (QED) is 0.549. The Kier molecular flexibility index (Phi) is 9.71. The summed E-state index contributed by atoms with van der Waals surface area (Å²) in [6, 6.07) is 3.25. The Morgan fingerprint density at radius 1 is 1.19 bits per heavy atom. The fourth-order valence-electron chi connectivity index (χ4n) is 2.27. The summed E-state index contributed by atoms with van der Waals surface area (Å²) < 4.78 is 50.4. The molecule has 9 heteroatoms. The summed E-state index contributed by atoms with van der Waals surface area (Å²) in [7, 11) is -2.18. The summed E-state index contributed by atoms with van der Waals surface area (Å²) >= 11 is 0. The third kappa shape index (κ3) is 6.31. The normalized spacial score (nSPS) is 11.7. The molecule has 0 unspecified atom stereocenters. The highest BCUT2D eigenvalue weighted by molar-refractivity contribution is 7.89. The number of hydrogen-bond donors (Lipinski definition) is 1. The molecule has 1 N–H and O–H groups in total. The molecule has 148 valence electrons. The molecule has 0 atom stereocenters. The number of nitrogens with one attached hydrogen (secondary N) is 1. The van der Waals surface area contributed by atoms with Gasteiger partial charge in [-0.15, -0.1) is 0 Å². The van der Waals surface area contributed by atoms with Gasteiger partial charge < -0.3 is 14.8 Å². The van der Waals surface area contributed by atoms with E-state index in [-0.39, 0.29) is 17.0 Å². The Labute approximate surface area is 154 Å². The maximum atomic E-state index is 14.0. The van der Waals surface area contributed by atoms with Crippen molar-refractivity contribution in [1.29, 1.82) is 0 Å². The van der Waals surface area contributed by atoms with Gasteiger partial charge in [0.1, 0.15) is 5.82 Å². The molecule has 0 heterocycles. The van der Waals surface area contributed by atoms with Gasteiger partial charge in [0.25, 0.3) is 5.91 Å². The van der Waals surface area contributed by atoms with Crippen molar-refractivity contribution in [2.45, 2.75) is 25.2 Å². The molecule has 1 aromatic carbocycles. The van der Waals surface area contributed by atoms with Gasteiger partial charge in [-0.2, -0.15) is 4.31 Å². The van der Waals surface area contributed by atoms with Gasteiger partial charge in [0.2, 0.25) is 10.0 Å². The second-order valence-corrected chi connectivity index (χ2v) is 7.38. The van der Waals surface area contributed by atoms with E-state index in [9.17, 15) is 17.6 Å². The van der Waals surface area contributed by atoms with Crippen molar-refractivity contribution in [1.82, 2.24) is 9.62 Å². The van der Waals surface area contributed by atoms with Crippen molar-refractivity contribution in [2.75, 3.05) is 46.6 Å². The average molecular weight is 390 g/mol. The lowest BCUT2D eigenvalue weighted by molar-refractivity contribution is 0.0688.